The normalized spacial score (nSPS) is 28.9. The Bertz CT molecular complexity index is 221. The Morgan fingerprint density at radius 2 is 1.88 bits per heavy atom. The highest BCUT2D eigenvalue weighted by Gasteiger charge is 2.30. The highest BCUT2D eigenvalue weighted by molar-refractivity contribution is 5.78. The molecule has 0 aromatic carbocycles. The second kappa shape index (κ2) is 6.21. The van der Waals surface area contributed by atoms with E-state index < -0.39 is 12.0 Å². The first kappa shape index (κ1) is 13.5. The highest BCUT2D eigenvalue weighted by Crippen LogP contribution is 2.26. The zero-order chi connectivity index (χ0) is 12.1. The molecule has 0 spiro atoms. The van der Waals surface area contributed by atoms with E-state index in [0.29, 0.717) is 18.6 Å². The number of likely N-dealkylation sites (tertiary alicyclic amines) is 1. The van der Waals surface area contributed by atoms with Gasteiger partial charge in [-0.2, -0.15) is 0 Å². The van der Waals surface area contributed by atoms with E-state index in [-0.39, 0.29) is 0 Å². The molecule has 4 heteroatoms. The number of aliphatic hydroxyl groups excluding tert-OH is 1. The fourth-order valence-corrected chi connectivity index (χ4v) is 2.68. The van der Waals surface area contributed by atoms with Crippen molar-refractivity contribution in [2.24, 2.45) is 5.73 Å². The second-order valence-corrected chi connectivity index (χ2v) is 4.67. The zero-order valence-electron chi connectivity index (χ0n) is 10.4. The summed E-state index contributed by atoms with van der Waals surface area (Å²) in [6.07, 6.45) is 4.70. The molecule has 1 aliphatic heterocycles. The number of nitrogens with zero attached hydrogens (tertiary/aromatic N) is 1. The SMILES string of the molecule is CCC1CCCC(CC)N1C[C@@H](O)C(N)=O. The molecule has 3 atom stereocenters. The van der Waals surface area contributed by atoms with Crippen molar-refractivity contribution < 1.29 is 9.90 Å². The lowest BCUT2D eigenvalue weighted by Crippen LogP contribution is -2.51. The van der Waals surface area contributed by atoms with E-state index in [9.17, 15) is 9.90 Å². The third-order valence-electron chi connectivity index (χ3n) is 3.67. The molecular formula is C12H24N2O2. The number of carbonyl (C=O) groups excluding carboxylic acids is 1. The predicted molar refractivity (Wildman–Crippen MR) is 63.9 cm³/mol. The molecule has 16 heavy (non-hydrogen) atoms. The van der Waals surface area contributed by atoms with Gasteiger partial charge in [0, 0.05) is 18.6 Å². The zero-order valence-corrected chi connectivity index (χ0v) is 10.4. The van der Waals surface area contributed by atoms with Gasteiger partial charge in [-0.25, -0.2) is 0 Å². The first-order chi connectivity index (χ1) is 7.60. The van der Waals surface area contributed by atoms with Crippen LogP contribution in [0.3, 0.4) is 0 Å². The van der Waals surface area contributed by atoms with Gasteiger partial charge in [0.2, 0.25) is 5.91 Å². The first-order valence-corrected chi connectivity index (χ1v) is 6.33. The molecule has 1 rings (SSSR count). The van der Waals surface area contributed by atoms with Crippen LogP contribution in [0.2, 0.25) is 0 Å². The third-order valence-corrected chi connectivity index (χ3v) is 3.67. The van der Waals surface area contributed by atoms with Crippen molar-refractivity contribution in [2.45, 2.75) is 64.1 Å². The van der Waals surface area contributed by atoms with Crippen molar-refractivity contribution in [3.63, 3.8) is 0 Å². The smallest absolute Gasteiger partial charge is 0.247 e. The van der Waals surface area contributed by atoms with E-state index >= 15 is 0 Å². The first-order valence-electron chi connectivity index (χ1n) is 6.33. The number of piperidine rings is 1. The van der Waals surface area contributed by atoms with Crippen LogP contribution in [0.25, 0.3) is 0 Å². The number of nitrogens with two attached hydrogens (primary N) is 1. The number of primary amides is 1. The summed E-state index contributed by atoms with van der Waals surface area (Å²) in [4.78, 5) is 13.2. The molecule has 94 valence electrons. The van der Waals surface area contributed by atoms with E-state index in [1.54, 1.807) is 0 Å². The van der Waals surface area contributed by atoms with Crippen molar-refractivity contribution >= 4 is 5.91 Å². The molecule has 1 heterocycles. The highest BCUT2D eigenvalue weighted by atomic mass is 16.3. The van der Waals surface area contributed by atoms with E-state index in [2.05, 4.69) is 18.7 Å². The average molecular weight is 228 g/mol. The van der Waals surface area contributed by atoms with Gasteiger partial charge in [-0.05, 0) is 25.7 Å². The number of amides is 1. The fourth-order valence-electron chi connectivity index (χ4n) is 2.68. The Kier molecular flexibility index (Phi) is 5.22. The van der Waals surface area contributed by atoms with Gasteiger partial charge in [0.1, 0.15) is 6.10 Å². The minimum Gasteiger partial charge on any atom is -0.382 e. The molecule has 4 nitrogen and oxygen atoms in total. The molecule has 0 aromatic rings. The second-order valence-electron chi connectivity index (χ2n) is 4.67. The fraction of sp³-hybridized carbons (Fsp3) is 0.917. The van der Waals surface area contributed by atoms with Crippen molar-refractivity contribution in [2.75, 3.05) is 6.54 Å². The molecule has 1 fully saturated rings. The summed E-state index contributed by atoms with van der Waals surface area (Å²) in [6, 6.07) is 0.986. The Morgan fingerprint density at radius 1 is 1.38 bits per heavy atom. The van der Waals surface area contributed by atoms with Crippen molar-refractivity contribution in [1.82, 2.24) is 4.90 Å². The number of aliphatic hydroxyl groups is 1. The number of β-amino-alcohol motifs (C(OH)–C–C–N with tert-alkyl or cyclic N) is 1. The molecule has 3 N–H and O–H groups in total. The topological polar surface area (TPSA) is 66.6 Å². The van der Waals surface area contributed by atoms with Crippen LogP contribution in [0.5, 0.6) is 0 Å². The molecule has 2 unspecified atom stereocenters. The van der Waals surface area contributed by atoms with Gasteiger partial charge in [0.25, 0.3) is 0 Å². The number of rotatable bonds is 5. The molecule has 1 amide bonds. The van der Waals surface area contributed by atoms with Gasteiger partial charge in [0.15, 0.2) is 0 Å². The maximum absolute atomic E-state index is 10.9. The van der Waals surface area contributed by atoms with Crippen LogP contribution >= 0.6 is 0 Å². The monoisotopic (exact) mass is 228 g/mol. The standard InChI is InChI=1S/C12H24N2O2/c1-3-9-6-5-7-10(4-2)14(9)8-11(15)12(13)16/h9-11,15H,3-8H2,1-2H3,(H2,13,16)/t9?,10?,11-/m1/s1. The molecule has 0 bridgehead atoms. The van der Waals surface area contributed by atoms with E-state index in [4.69, 9.17) is 5.73 Å². The van der Waals surface area contributed by atoms with Crippen molar-refractivity contribution in [3.05, 3.63) is 0 Å². The van der Waals surface area contributed by atoms with Crippen LogP contribution < -0.4 is 5.73 Å². The van der Waals surface area contributed by atoms with Crippen molar-refractivity contribution in [3.8, 4) is 0 Å². The maximum Gasteiger partial charge on any atom is 0.247 e. The lowest BCUT2D eigenvalue weighted by Gasteiger charge is -2.42. The van der Waals surface area contributed by atoms with Gasteiger partial charge < -0.3 is 10.8 Å². The summed E-state index contributed by atoms with van der Waals surface area (Å²) in [5.41, 5.74) is 5.11. The molecular weight excluding hydrogens is 204 g/mol. The summed E-state index contributed by atoms with van der Waals surface area (Å²) >= 11 is 0. The summed E-state index contributed by atoms with van der Waals surface area (Å²) in [5, 5.41) is 9.59. The van der Waals surface area contributed by atoms with Gasteiger partial charge in [-0.1, -0.05) is 20.3 Å². The van der Waals surface area contributed by atoms with Crippen LogP contribution in [0.15, 0.2) is 0 Å². The van der Waals surface area contributed by atoms with E-state index in [0.717, 1.165) is 12.8 Å². The minimum atomic E-state index is -1.03. The lowest BCUT2D eigenvalue weighted by atomic mass is 9.92. The molecule has 1 aliphatic rings. The number of hydrogen-bond donors (Lipinski definition) is 2. The average Bonchev–Trinajstić information content (AvgIpc) is 2.29. The largest absolute Gasteiger partial charge is 0.382 e. The molecule has 0 aliphatic carbocycles. The van der Waals surface area contributed by atoms with E-state index in [1.807, 2.05) is 0 Å². The molecule has 1 saturated heterocycles. The van der Waals surface area contributed by atoms with Crippen LogP contribution in [0.1, 0.15) is 46.0 Å². The van der Waals surface area contributed by atoms with Gasteiger partial charge in [-0.3, -0.25) is 9.69 Å². The third kappa shape index (κ3) is 3.19. The summed E-state index contributed by atoms with van der Waals surface area (Å²) in [7, 11) is 0. The summed E-state index contributed by atoms with van der Waals surface area (Å²) in [5.74, 6) is -0.615. The van der Waals surface area contributed by atoms with Crippen LogP contribution in [0.4, 0.5) is 0 Å². The van der Waals surface area contributed by atoms with Crippen LogP contribution in [-0.4, -0.2) is 40.6 Å². The van der Waals surface area contributed by atoms with Gasteiger partial charge in [0.05, 0.1) is 0 Å². The Labute approximate surface area is 97.8 Å². The molecule has 0 saturated carbocycles. The quantitative estimate of drug-likeness (QED) is 0.734. The summed E-state index contributed by atoms with van der Waals surface area (Å²) in [6.45, 7) is 4.71. The Hall–Kier alpha value is -0.610. The number of carbonyl (C=O) groups is 1. The maximum atomic E-state index is 10.9. The van der Waals surface area contributed by atoms with Gasteiger partial charge >= 0.3 is 0 Å². The Balaban J connectivity index is 2.64. The van der Waals surface area contributed by atoms with Crippen LogP contribution in [0, 0.1) is 0 Å². The molecule has 0 radical (unpaired) electrons. The Morgan fingerprint density at radius 3 is 2.25 bits per heavy atom. The minimum absolute atomic E-state index is 0.395. The van der Waals surface area contributed by atoms with Crippen molar-refractivity contribution in [1.29, 1.82) is 0 Å². The van der Waals surface area contributed by atoms with Gasteiger partial charge in [-0.15, -0.1) is 0 Å². The lowest BCUT2D eigenvalue weighted by molar-refractivity contribution is -0.128. The number of hydrogen-bond acceptors (Lipinski definition) is 3. The molecule has 0 aromatic heterocycles. The summed E-state index contributed by atoms with van der Waals surface area (Å²) < 4.78 is 0. The van der Waals surface area contributed by atoms with E-state index in [1.165, 1.54) is 19.3 Å². The predicted octanol–water partition coefficient (Wildman–Crippen LogP) is 0.876. The van der Waals surface area contributed by atoms with Crippen LogP contribution in [-0.2, 0) is 4.79 Å².